The second-order valence-electron chi connectivity index (χ2n) is 6.20. The minimum absolute atomic E-state index is 0.446. The maximum atomic E-state index is 4.60. The van der Waals surface area contributed by atoms with Gasteiger partial charge in [0.1, 0.15) is 5.52 Å². The van der Waals surface area contributed by atoms with E-state index in [1.807, 2.05) is 16.9 Å². The number of nitrogens with one attached hydrogen (secondary N) is 1. The van der Waals surface area contributed by atoms with Crippen molar-refractivity contribution in [1.82, 2.24) is 14.6 Å². The van der Waals surface area contributed by atoms with Gasteiger partial charge in [-0.05, 0) is 24.3 Å². The smallest absolute Gasteiger partial charge is 0.152 e. The minimum atomic E-state index is 0.446. The summed E-state index contributed by atoms with van der Waals surface area (Å²) < 4.78 is 1.93. The van der Waals surface area contributed by atoms with Crippen molar-refractivity contribution in [1.29, 1.82) is 0 Å². The molecule has 0 atom stereocenters. The quantitative estimate of drug-likeness (QED) is 0.899. The molecule has 0 aliphatic heterocycles. The third kappa shape index (κ3) is 2.79. The topological polar surface area (TPSA) is 42.2 Å². The summed E-state index contributed by atoms with van der Waals surface area (Å²) in [6.07, 6.45) is 10.6. The molecule has 0 unspecified atom stereocenters. The fourth-order valence-electron chi connectivity index (χ4n) is 3.05. The molecule has 0 aromatic carbocycles. The van der Waals surface area contributed by atoms with Gasteiger partial charge in [0.15, 0.2) is 5.82 Å². The number of aromatic nitrogens is 3. The van der Waals surface area contributed by atoms with Crippen molar-refractivity contribution in [3.8, 4) is 0 Å². The van der Waals surface area contributed by atoms with E-state index < -0.39 is 0 Å². The van der Waals surface area contributed by atoms with Gasteiger partial charge < -0.3 is 5.32 Å². The van der Waals surface area contributed by atoms with Gasteiger partial charge in [-0.25, -0.2) is 9.50 Å². The molecule has 4 heteroatoms. The van der Waals surface area contributed by atoms with Gasteiger partial charge in [0.25, 0.3) is 0 Å². The van der Waals surface area contributed by atoms with Crippen LogP contribution in [0.1, 0.15) is 57.6 Å². The van der Waals surface area contributed by atoms with E-state index in [4.69, 9.17) is 0 Å². The summed E-state index contributed by atoms with van der Waals surface area (Å²) in [5.41, 5.74) is 2.21. The van der Waals surface area contributed by atoms with E-state index >= 15 is 0 Å². The summed E-state index contributed by atoms with van der Waals surface area (Å²) >= 11 is 0. The molecule has 1 aliphatic carbocycles. The summed E-state index contributed by atoms with van der Waals surface area (Å²) in [5.74, 6) is 2.32. The third-order valence-corrected chi connectivity index (χ3v) is 4.32. The Balaban J connectivity index is 1.70. The van der Waals surface area contributed by atoms with E-state index in [-0.39, 0.29) is 0 Å². The number of hydrogen-bond donors (Lipinski definition) is 1. The summed E-state index contributed by atoms with van der Waals surface area (Å²) in [5, 5.41) is 8.09. The number of anilines is 1. The lowest BCUT2D eigenvalue weighted by atomic mass is 10.0. The van der Waals surface area contributed by atoms with Crippen LogP contribution in [0.3, 0.4) is 0 Å². The van der Waals surface area contributed by atoms with Crippen LogP contribution in [0.25, 0.3) is 5.52 Å². The first-order chi connectivity index (χ1) is 9.74. The zero-order valence-corrected chi connectivity index (χ0v) is 12.5. The second kappa shape index (κ2) is 5.81. The van der Waals surface area contributed by atoms with Crippen LogP contribution < -0.4 is 5.32 Å². The summed E-state index contributed by atoms with van der Waals surface area (Å²) in [7, 11) is 0. The van der Waals surface area contributed by atoms with Gasteiger partial charge in [0.05, 0.1) is 5.69 Å². The Morgan fingerprint density at radius 1 is 1.35 bits per heavy atom. The first-order valence-electron chi connectivity index (χ1n) is 7.82. The predicted molar refractivity (Wildman–Crippen MR) is 82.1 cm³/mol. The molecule has 0 radical (unpaired) electrons. The molecule has 3 rings (SSSR count). The summed E-state index contributed by atoms with van der Waals surface area (Å²) in [6, 6.07) is 2.15. The van der Waals surface area contributed by atoms with Crippen molar-refractivity contribution in [3.05, 3.63) is 24.2 Å². The monoisotopic (exact) mass is 272 g/mol. The highest BCUT2D eigenvalue weighted by Gasteiger charge is 2.15. The third-order valence-electron chi connectivity index (χ3n) is 4.32. The normalized spacial score (nSPS) is 16.4. The van der Waals surface area contributed by atoms with Crippen LogP contribution in [-0.2, 0) is 0 Å². The van der Waals surface area contributed by atoms with Crippen molar-refractivity contribution in [3.63, 3.8) is 0 Å². The van der Waals surface area contributed by atoms with Crippen molar-refractivity contribution in [2.75, 3.05) is 11.9 Å². The molecule has 0 amide bonds. The van der Waals surface area contributed by atoms with Crippen LogP contribution >= 0.6 is 0 Å². The maximum Gasteiger partial charge on any atom is 0.152 e. The molecule has 20 heavy (non-hydrogen) atoms. The summed E-state index contributed by atoms with van der Waals surface area (Å²) in [6.45, 7) is 5.35. The lowest BCUT2D eigenvalue weighted by molar-refractivity contribution is 0.518. The fourth-order valence-corrected chi connectivity index (χ4v) is 3.05. The molecule has 1 saturated carbocycles. The Morgan fingerprint density at radius 3 is 2.90 bits per heavy atom. The fraction of sp³-hybridized carbons (Fsp3) is 0.625. The largest absolute Gasteiger partial charge is 0.368 e. The van der Waals surface area contributed by atoms with Crippen LogP contribution in [0.2, 0.25) is 0 Å². The van der Waals surface area contributed by atoms with Crippen molar-refractivity contribution in [2.45, 2.75) is 51.9 Å². The highest BCUT2D eigenvalue weighted by Crippen LogP contribution is 2.27. The average Bonchev–Trinajstić information content (AvgIpc) is 3.07. The Bertz CT molecular complexity index is 567. The van der Waals surface area contributed by atoms with Crippen molar-refractivity contribution in [2.24, 2.45) is 5.92 Å². The van der Waals surface area contributed by atoms with Crippen LogP contribution in [0.5, 0.6) is 0 Å². The second-order valence-corrected chi connectivity index (χ2v) is 6.20. The molecule has 1 N–H and O–H groups in total. The van der Waals surface area contributed by atoms with Gasteiger partial charge in [-0.3, -0.25) is 0 Å². The van der Waals surface area contributed by atoms with Gasteiger partial charge >= 0.3 is 0 Å². The predicted octanol–water partition coefficient (Wildman–Crippen LogP) is 3.84. The first-order valence-corrected chi connectivity index (χ1v) is 7.82. The van der Waals surface area contributed by atoms with Gasteiger partial charge in [-0.2, -0.15) is 5.10 Å². The Morgan fingerprint density at radius 2 is 2.15 bits per heavy atom. The van der Waals surface area contributed by atoms with Gasteiger partial charge in [0, 0.05) is 18.9 Å². The number of hydrogen-bond acceptors (Lipinski definition) is 3. The molecule has 2 aromatic heterocycles. The summed E-state index contributed by atoms with van der Waals surface area (Å²) in [4.78, 5) is 4.47. The van der Waals surface area contributed by atoms with Gasteiger partial charge in [-0.15, -0.1) is 0 Å². The molecule has 1 aliphatic rings. The van der Waals surface area contributed by atoms with E-state index in [0.717, 1.165) is 29.5 Å². The zero-order valence-electron chi connectivity index (χ0n) is 12.5. The molecule has 2 heterocycles. The SMILES string of the molecule is CC(C)c1cc2c(NCCC3CCCC3)nccn2n1. The van der Waals surface area contributed by atoms with Crippen LogP contribution in [0, 0.1) is 5.92 Å². The Kier molecular flexibility index (Phi) is 3.90. The molecule has 0 spiro atoms. The van der Waals surface area contributed by atoms with Gasteiger partial charge in [-0.1, -0.05) is 39.5 Å². The van der Waals surface area contributed by atoms with Crippen molar-refractivity contribution >= 4 is 11.3 Å². The Labute approximate surface area is 120 Å². The van der Waals surface area contributed by atoms with E-state index in [1.54, 1.807) is 0 Å². The molecule has 2 aromatic rings. The van der Waals surface area contributed by atoms with Crippen LogP contribution in [-0.4, -0.2) is 21.1 Å². The van der Waals surface area contributed by atoms with E-state index in [0.29, 0.717) is 5.92 Å². The first kappa shape index (κ1) is 13.4. The van der Waals surface area contributed by atoms with E-state index in [2.05, 4.69) is 35.3 Å². The Hall–Kier alpha value is -1.58. The average molecular weight is 272 g/mol. The lowest BCUT2D eigenvalue weighted by Gasteiger charge is -2.10. The van der Waals surface area contributed by atoms with E-state index in [1.165, 1.54) is 32.1 Å². The molecule has 0 saturated heterocycles. The highest BCUT2D eigenvalue weighted by atomic mass is 15.2. The van der Waals surface area contributed by atoms with Crippen LogP contribution in [0.15, 0.2) is 18.5 Å². The zero-order chi connectivity index (χ0) is 13.9. The van der Waals surface area contributed by atoms with Crippen molar-refractivity contribution < 1.29 is 0 Å². The molecule has 108 valence electrons. The minimum Gasteiger partial charge on any atom is -0.368 e. The number of fused-ring (bicyclic) bond motifs is 1. The van der Waals surface area contributed by atoms with Gasteiger partial charge in [0.2, 0.25) is 0 Å². The molecule has 0 bridgehead atoms. The molecular formula is C16H24N4. The molecule has 4 nitrogen and oxygen atoms in total. The van der Waals surface area contributed by atoms with E-state index in [9.17, 15) is 0 Å². The van der Waals surface area contributed by atoms with Crippen LogP contribution in [0.4, 0.5) is 5.82 Å². The standard InChI is InChI=1S/C16H24N4/c1-12(2)14-11-15-16(18-9-10-20(15)19-14)17-8-7-13-5-3-4-6-13/h9-13H,3-8H2,1-2H3,(H,17,18). The lowest BCUT2D eigenvalue weighted by Crippen LogP contribution is -2.08. The molecular weight excluding hydrogens is 248 g/mol. The number of rotatable bonds is 5. The number of nitrogens with zero attached hydrogens (tertiary/aromatic N) is 3. The molecule has 1 fully saturated rings. The highest BCUT2D eigenvalue weighted by molar-refractivity contribution is 5.67. The maximum absolute atomic E-state index is 4.60.